The standard InChI is InChI=1S/C24H24N6O3S/c1-15-4-3-5-19(26-15)28-10-12-29(13-11-28)24(32)21-18-14-34-22(25)20(18)23(31)30(27-21)16-6-8-17(33-2)9-7-16/h3-9,14H,10-13,25H2,1-2H3. The van der Waals surface area contributed by atoms with Crippen molar-refractivity contribution in [1.82, 2.24) is 19.7 Å². The van der Waals surface area contributed by atoms with Gasteiger partial charge in [0.2, 0.25) is 0 Å². The van der Waals surface area contributed by atoms with Crippen molar-refractivity contribution in [3.8, 4) is 11.4 Å². The van der Waals surface area contributed by atoms with Crippen molar-refractivity contribution in [2.75, 3.05) is 43.9 Å². The molecule has 1 aliphatic heterocycles. The quantitative estimate of drug-likeness (QED) is 0.483. The molecule has 0 radical (unpaired) electrons. The number of ether oxygens (including phenoxy) is 1. The fourth-order valence-electron chi connectivity index (χ4n) is 4.12. The van der Waals surface area contributed by atoms with E-state index < -0.39 is 0 Å². The molecule has 0 spiro atoms. The Balaban J connectivity index is 1.48. The van der Waals surface area contributed by atoms with Crippen LogP contribution in [-0.4, -0.2) is 58.9 Å². The summed E-state index contributed by atoms with van der Waals surface area (Å²) in [6.45, 7) is 4.34. The lowest BCUT2D eigenvalue weighted by atomic mass is 10.2. The highest BCUT2D eigenvalue weighted by atomic mass is 32.1. The van der Waals surface area contributed by atoms with E-state index in [1.807, 2.05) is 25.1 Å². The fraction of sp³-hybridized carbons (Fsp3) is 0.250. The first-order valence-electron chi connectivity index (χ1n) is 10.9. The number of methoxy groups -OCH3 is 1. The molecule has 1 fully saturated rings. The van der Waals surface area contributed by atoms with Gasteiger partial charge in [-0.3, -0.25) is 9.59 Å². The summed E-state index contributed by atoms with van der Waals surface area (Å²) >= 11 is 1.24. The van der Waals surface area contributed by atoms with Crippen LogP contribution in [0.25, 0.3) is 16.5 Å². The van der Waals surface area contributed by atoms with Gasteiger partial charge in [-0.2, -0.15) is 9.78 Å². The lowest BCUT2D eigenvalue weighted by Crippen LogP contribution is -2.49. The molecular formula is C24H24N6O3S. The van der Waals surface area contributed by atoms with Crippen LogP contribution in [-0.2, 0) is 0 Å². The lowest BCUT2D eigenvalue weighted by Gasteiger charge is -2.35. The van der Waals surface area contributed by atoms with Crippen molar-refractivity contribution in [1.29, 1.82) is 0 Å². The summed E-state index contributed by atoms with van der Waals surface area (Å²) in [5.74, 6) is 1.35. The summed E-state index contributed by atoms with van der Waals surface area (Å²) in [5.41, 5.74) is 7.48. The van der Waals surface area contributed by atoms with Gasteiger partial charge in [0.15, 0.2) is 5.69 Å². The van der Waals surface area contributed by atoms with Gasteiger partial charge >= 0.3 is 0 Å². The van der Waals surface area contributed by atoms with E-state index in [0.29, 0.717) is 53.4 Å². The Morgan fingerprint density at radius 3 is 2.50 bits per heavy atom. The number of amides is 1. The number of nitrogen functional groups attached to an aromatic ring is 1. The zero-order chi connectivity index (χ0) is 23.8. The normalized spacial score (nSPS) is 13.9. The molecule has 0 atom stereocenters. The van der Waals surface area contributed by atoms with Crippen LogP contribution in [0.15, 0.2) is 52.6 Å². The fourth-order valence-corrected chi connectivity index (χ4v) is 4.91. The molecule has 0 aliphatic carbocycles. The summed E-state index contributed by atoms with van der Waals surface area (Å²) in [5, 5.41) is 7.42. The van der Waals surface area contributed by atoms with Crippen LogP contribution in [0.3, 0.4) is 0 Å². The van der Waals surface area contributed by atoms with Crippen molar-refractivity contribution in [2.24, 2.45) is 0 Å². The molecule has 34 heavy (non-hydrogen) atoms. The number of benzene rings is 1. The Hall–Kier alpha value is -3.92. The number of hydrogen-bond donors (Lipinski definition) is 1. The van der Waals surface area contributed by atoms with Crippen LogP contribution in [0.2, 0.25) is 0 Å². The first-order chi connectivity index (χ1) is 16.5. The van der Waals surface area contributed by atoms with Gasteiger partial charge < -0.3 is 20.3 Å². The Kier molecular flexibility index (Phi) is 5.66. The highest BCUT2D eigenvalue weighted by molar-refractivity contribution is 7.15. The van der Waals surface area contributed by atoms with Crippen LogP contribution in [0.1, 0.15) is 16.2 Å². The lowest BCUT2D eigenvalue weighted by molar-refractivity contribution is 0.0741. The first kappa shape index (κ1) is 21.9. The topological polar surface area (TPSA) is 107 Å². The van der Waals surface area contributed by atoms with E-state index in [0.717, 1.165) is 11.5 Å². The van der Waals surface area contributed by atoms with Crippen molar-refractivity contribution < 1.29 is 9.53 Å². The summed E-state index contributed by atoms with van der Waals surface area (Å²) in [7, 11) is 1.57. The molecular weight excluding hydrogens is 452 g/mol. The molecule has 1 amide bonds. The summed E-state index contributed by atoms with van der Waals surface area (Å²) < 4.78 is 6.45. The second-order valence-electron chi connectivity index (χ2n) is 8.07. The van der Waals surface area contributed by atoms with Crippen molar-refractivity contribution >= 4 is 38.8 Å². The first-order valence-corrected chi connectivity index (χ1v) is 11.8. The third-order valence-corrected chi connectivity index (χ3v) is 6.78. The molecule has 174 valence electrons. The Morgan fingerprint density at radius 2 is 1.82 bits per heavy atom. The average molecular weight is 477 g/mol. The van der Waals surface area contributed by atoms with Gasteiger partial charge in [-0.25, -0.2) is 4.98 Å². The van der Waals surface area contributed by atoms with Crippen LogP contribution in [0.5, 0.6) is 5.75 Å². The van der Waals surface area contributed by atoms with Gasteiger partial charge in [-0.15, -0.1) is 11.3 Å². The summed E-state index contributed by atoms with van der Waals surface area (Å²) in [4.78, 5) is 35.3. The zero-order valence-corrected chi connectivity index (χ0v) is 19.7. The summed E-state index contributed by atoms with van der Waals surface area (Å²) in [6, 6.07) is 12.9. The number of fused-ring (bicyclic) bond motifs is 1. The van der Waals surface area contributed by atoms with Gasteiger partial charge in [-0.05, 0) is 43.3 Å². The minimum absolute atomic E-state index is 0.220. The van der Waals surface area contributed by atoms with Crippen molar-refractivity contribution in [3.63, 3.8) is 0 Å². The number of rotatable bonds is 4. The Morgan fingerprint density at radius 1 is 1.09 bits per heavy atom. The van der Waals surface area contributed by atoms with E-state index in [2.05, 4.69) is 15.0 Å². The maximum absolute atomic E-state index is 13.6. The number of anilines is 2. The maximum atomic E-state index is 13.6. The van der Waals surface area contributed by atoms with Gasteiger partial charge in [0.25, 0.3) is 11.5 Å². The molecule has 1 aromatic carbocycles. The number of pyridine rings is 1. The van der Waals surface area contributed by atoms with Gasteiger partial charge in [0.1, 0.15) is 11.6 Å². The third kappa shape index (κ3) is 3.86. The van der Waals surface area contributed by atoms with Crippen molar-refractivity contribution in [3.05, 3.63) is 69.6 Å². The molecule has 9 nitrogen and oxygen atoms in total. The number of hydrogen-bond acceptors (Lipinski definition) is 8. The maximum Gasteiger partial charge on any atom is 0.282 e. The minimum Gasteiger partial charge on any atom is -0.497 e. The molecule has 1 aliphatic rings. The minimum atomic E-state index is -0.356. The molecule has 5 rings (SSSR count). The molecule has 1 saturated heterocycles. The molecule has 3 aromatic heterocycles. The Bertz CT molecular complexity index is 1420. The average Bonchev–Trinajstić information content (AvgIpc) is 3.26. The van der Waals surface area contributed by atoms with E-state index in [4.69, 9.17) is 10.5 Å². The van der Waals surface area contributed by atoms with Crippen LogP contribution in [0, 0.1) is 6.92 Å². The smallest absolute Gasteiger partial charge is 0.282 e. The number of carbonyl (C=O) groups excluding carboxylic acids is 1. The largest absolute Gasteiger partial charge is 0.497 e. The van der Waals surface area contributed by atoms with E-state index in [-0.39, 0.29) is 17.2 Å². The van der Waals surface area contributed by atoms with E-state index in [1.165, 1.54) is 16.0 Å². The van der Waals surface area contributed by atoms with Gasteiger partial charge in [-0.1, -0.05) is 6.07 Å². The van der Waals surface area contributed by atoms with Gasteiger partial charge in [0.05, 0.1) is 23.2 Å². The summed E-state index contributed by atoms with van der Waals surface area (Å²) in [6.07, 6.45) is 0. The number of aromatic nitrogens is 3. The Labute approximate surface area is 200 Å². The SMILES string of the molecule is COc1ccc(-n2nc(C(=O)N3CCN(c4cccc(C)n4)CC3)c3csc(N)c3c2=O)cc1. The highest BCUT2D eigenvalue weighted by Crippen LogP contribution is 2.28. The number of nitrogens with zero attached hydrogens (tertiary/aromatic N) is 5. The van der Waals surface area contributed by atoms with E-state index >= 15 is 0 Å². The third-order valence-electron chi connectivity index (χ3n) is 5.96. The molecule has 4 heterocycles. The van der Waals surface area contributed by atoms with Crippen molar-refractivity contribution in [2.45, 2.75) is 6.92 Å². The number of thiophene rings is 1. The second kappa shape index (κ2) is 8.79. The van der Waals surface area contributed by atoms with Gasteiger partial charge in [0, 0.05) is 42.6 Å². The molecule has 4 aromatic rings. The van der Waals surface area contributed by atoms with Crippen LogP contribution in [0.4, 0.5) is 10.8 Å². The van der Waals surface area contributed by atoms with Crippen LogP contribution < -0.4 is 20.9 Å². The van der Waals surface area contributed by atoms with E-state index in [1.54, 1.807) is 41.7 Å². The monoisotopic (exact) mass is 476 g/mol. The number of nitrogens with two attached hydrogens (primary N) is 1. The molecule has 0 unspecified atom stereocenters. The number of aryl methyl sites for hydroxylation is 1. The zero-order valence-electron chi connectivity index (χ0n) is 18.9. The highest BCUT2D eigenvalue weighted by Gasteiger charge is 2.27. The predicted octanol–water partition coefficient (Wildman–Crippen LogP) is 2.70. The predicted molar refractivity (Wildman–Crippen MR) is 133 cm³/mol. The molecule has 0 saturated carbocycles. The second-order valence-corrected chi connectivity index (χ2v) is 8.98. The molecule has 10 heteroatoms. The van der Waals surface area contributed by atoms with E-state index in [9.17, 15) is 9.59 Å². The molecule has 2 N–H and O–H groups in total. The van der Waals surface area contributed by atoms with Crippen LogP contribution >= 0.6 is 11.3 Å². The molecule has 0 bridgehead atoms. The number of carbonyl (C=O) groups is 1. The number of piperazine rings is 1.